The number of hydrogen-bond acceptors (Lipinski definition) is 5. The molecule has 8 nitrogen and oxygen atoms in total. The fraction of sp³-hybridized carbons (Fsp3) is 0.429. The number of nitrogens with zero attached hydrogens (tertiary/aromatic N) is 5. The molecule has 0 spiro atoms. The molecule has 1 unspecified atom stereocenters. The zero-order chi connectivity index (χ0) is 25.8. The molecule has 1 atom stereocenters. The molecule has 0 fully saturated rings. The van der Waals surface area contributed by atoms with E-state index < -0.39 is 37.3 Å². The lowest BCUT2D eigenvalue weighted by Crippen LogP contribution is -2.50. The molecular formula is C21H22F6N6O2. The average Bonchev–Trinajstić information content (AvgIpc) is 3.27. The van der Waals surface area contributed by atoms with Crippen LogP contribution in [0.3, 0.4) is 0 Å². The van der Waals surface area contributed by atoms with Crippen LogP contribution in [0.1, 0.15) is 25.5 Å². The third-order valence-electron chi connectivity index (χ3n) is 5.08. The second-order valence-electron chi connectivity index (χ2n) is 7.54. The molecule has 14 heteroatoms. The van der Waals surface area contributed by atoms with E-state index in [9.17, 15) is 31.1 Å². The Morgan fingerprint density at radius 3 is 2.57 bits per heavy atom. The van der Waals surface area contributed by atoms with Gasteiger partial charge in [0.2, 0.25) is 0 Å². The summed E-state index contributed by atoms with van der Waals surface area (Å²) < 4.78 is 83.9. The molecule has 0 aliphatic rings. The highest BCUT2D eigenvalue weighted by Gasteiger charge is 2.43. The van der Waals surface area contributed by atoms with Crippen LogP contribution < -0.4 is 10.1 Å². The van der Waals surface area contributed by atoms with E-state index in [1.807, 2.05) is 0 Å². The Kier molecular flexibility index (Phi) is 7.70. The normalized spacial score (nSPS) is 13.0. The van der Waals surface area contributed by atoms with Gasteiger partial charge >= 0.3 is 18.4 Å². The van der Waals surface area contributed by atoms with Crippen LogP contribution >= 0.6 is 0 Å². The van der Waals surface area contributed by atoms with Gasteiger partial charge in [0.25, 0.3) is 5.88 Å². The van der Waals surface area contributed by atoms with E-state index in [-0.39, 0.29) is 19.0 Å². The van der Waals surface area contributed by atoms with Crippen LogP contribution in [0.5, 0.6) is 5.88 Å². The van der Waals surface area contributed by atoms with Gasteiger partial charge in [-0.05, 0) is 25.5 Å². The Balaban J connectivity index is 1.77. The summed E-state index contributed by atoms with van der Waals surface area (Å²) in [5.41, 5.74) is 1.93. The second-order valence-corrected chi connectivity index (χ2v) is 7.54. The van der Waals surface area contributed by atoms with Gasteiger partial charge in [-0.1, -0.05) is 0 Å². The van der Waals surface area contributed by atoms with Crippen LogP contribution in [0.25, 0.3) is 16.9 Å². The summed E-state index contributed by atoms with van der Waals surface area (Å²) in [5.74, 6) is 0.275. The Morgan fingerprint density at radius 1 is 1.20 bits per heavy atom. The maximum Gasteiger partial charge on any atom is 0.408 e. The molecule has 35 heavy (non-hydrogen) atoms. The van der Waals surface area contributed by atoms with Crippen molar-refractivity contribution in [1.29, 1.82) is 0 Å². The van der Waals surface area contributed by atoms with Crippen LogP contribution in [0.15, 0.2) is 36.9 Å². The first-order chi connectivity index (χ1) is 16.4. The number of urea groups is 1. The van der Waals surface area contributed by atoms with Gasteiger partial charge in [-0.15, -0.1) is 0 Å². The van der Waals surface area contributed by atoms with E-state index in [0.717, 1.165) is 4.90 Å². The zero-order valence-corrected chi connectivity index (χ0v) is 18.7. The number of imidazole rings is 1. The van der Waals surface area contributed by atoms with E-state index in [2.05, 4.69) is 15.0 Å². The largest absolute Gasteiger partial charge is 0.478 e. The molecule has 3 aromatic heterocycles. The lowest BCUT2D eigenvalue weighted by molar-refractivity contribution is -0.171. The Hall–Kier alpha value is -3.58. The highest BCUT2D eigenvalue weighted by Crippen LogP contribution is 2.29. The Bertz CT molecular complexity index is 1160. The van der Waals surface area contributed by atoms with Crippen molar-refractivity contribution in [3.05, 3.63) is 42.6 Å². The lowest BCUT2D eigenvalue weighted by Gasteiger charge is -2.27. The van der Waals surface area contributed by atoms with Crippen molar-refractivity contribution in [2.75, 3.05) is 13.7 Å². The summed E-state index contributed by atoms with van der Waals surface area (Å²) in [6, 6.07) is -0.528. The summed E-state index contributed by atoms with van der Waals surface area (Å²) in [4.78, 5) is 26.2. The number of hydrogen-bond donors (Lipinski definition) is 1. The minimum atomic E-state index is -5.03. The molecule has 0 saturated heterocycles. The van der Waals surface area contributed by atoms with Crippen molar-refractivity contribution < 1.29 is 35.9 Å². The zero-order valence-electron chi connectivity index (χ0n) is 18.7. The van der Waals surface area contributed by atoms with Gasteiger partial charge in [0, 0.05) is 43.3 Å². The van der Waals surface area contributed by atoms with Crippen LogP contribution in [-0.2, 0) is 6.54 Å². The molecule has 0 aromatic carbocycles. The number of methoxy groups -OCH3 is 1. The maximum atomic E-state index is 13.2. The van der Waals surface area contributed by atoms with Crippen molar-refractivity contribution in [3.63, 3.8) is 0 Å². The smallest absolute Gasteiger partial charge is 0.408 e. The predicted octanol–water partition coefficient (Wildman–Crippen LogP) is 4.60. The van der Waals surface area contributed by atoms with Crippen molar-refractivity contribution in [2.24, 2.45) is 0 Å². The quantitative estimate of drug-likeness (QED) is 0.453. The molecule has 1 N–H and O–H groups in total. The van der Waals surface area contributed by atoms with Gasteiger partial charge in [0.1, 0.15) is 6.04 Å². The molecule has 0 radical (unpaired) electrons. The highest BCUT2D eigenvalue weighted by molar-refractivity contribution is 5.74. The van der Waals surface area contributed by atoms with Crippen LogP contribution in [-0.4, -0.2) is 62.3 Å². The summed E-state index contributed by atoms with van der Waals surface area (Å²) in [7, 11) is 1.44. The Labute approximate surface area is 195 Å². The number of nitrogens with one attached hydrogen (secondary N) is 1. The van der Waals surface area contributed by atoms with E-state index in [0.29, 0.717) is 22.6 Å². The van der Waals surface area contributed by atoms with Crippen molar-refractivity contribution in [2.45, 2.75) is 44.7 Å². The second kappa shape index (κ2) is 10.4. The lowest BCUT2D eigenvalue weighted by atomic mass is 10.1. The Morgan fingerprint density at radius 2 is 1.94 bits per heavy atom. The topological polar surface area (TPSA) is 84.7 Å². The standard InChI is InChI=1S/C21H22F6N6O2/c1-3-32(19(34)31-16(21(25,26)27)4-6-20(22,23)24)11-14-10-13(5-7-28-14)15-12-33-9-8-29-17(33)18(30-15)35-2/h5,7-10,12,16H,3-4,6,11H2,1-2H3,(H,31,34). The summed E-state index contributed by atoms with van der Waals surface area (Å²) in [6.45, 7) is 1.35. The van der Waals surface area contributed by atoms with E-state index in [4.69, 9.17) is 4.74 Å². The fourth-order valence-electron chi connectivity index (χ4n) is 3.29. The van der Waals surface area contributed by atoms with Crippen LogP contribution in [0.2, 0.25) is 0 Å². The first-order valence-electron chi connectivity index (χ1n) is 10.4. The monoisotopic (exact) mass is 504 g/mol. The van der Waals surface area contributed by atoms with Gasteiger partial charge in [-0.2, -0.15) is 26.3 Å². The third kappa shape index (κ3) is 6.73. The van der Waals surface area contributed by atoms with Gasteiger partial charge in [-0.3, -0.25) is 4.98 Å². The van der Waals surface area contributed by atoms with Gasteiger partial charge < -0.3 is 19.4 Å². The van der Waals surface area contributed by atoms with Crippen LogP contribution in [0, 0.1) is 0 Å². The molecule has 0 aliphatic carbocycles. The number of halogens is 6. The van der Waals surface area contributed by atoms with Crippen LogP contribution in [0.4, 0.5) is 31.1 Å². The first kappa shape index (κ1) is 26.0. The molecule has 3 aromatic rings. The predicted molar refractivity (Wildman–Crippen MR) is 113 cm³/mol. The third-order valence-corrected chi connectivity index (χ3v) is 5.08. The van der Waals surface area contributed by atoms with Gasteiger partial charge in [0.05, 0.1) is 25.0 Å². The highest BCUT2D eigenvalue weighted by atomic mass is 19.4. The minimum absolute atomic E-state index is 0.00530. The maximum absolute atomic E-state index is 13.2. The van der Waals surface area contributed by atoms with Crippen molar-refractivity contribution in [1.82, 2.24) is 29.6 Å². The molecular weight excluding hydrogens is 482 g/mol. The SMILES string of the molecule is CCN(Cc1cc(-c2cn3ccnc3c(OC)n2)ccn1)C(=O)NC(CCC(F)(F)F)C(F)(F)F. The number of fused-ring (bicyclic) bond motifs is 1. The number of aromatic nitrogens is 4. The summed E-state index contributed by atoms with van der Waals surface area (Å²) >= 11 is 0. The number of carbonyl (C=O) groups is 1. The molecule has 3 heterocycles. The summed E-state index contributed by atoms with van der Waals surface area (Å²) in [5, 5.41) is 1.67. The van der Waals surface area contributed by atoms with Gasteiger partial charge in [0.15, 0.2) is 5.65 Å². The molecule has 0 bridgehead atoms. The number of pyridine rings is 1. The molecule has 190 valence electrons. The fourth-order valence-corrected chi connectivity index (χ4v) is 3.29. The van der Waals surface area contributed by atoms with Crippen molar-refractivity contribution >= 4 is 11.7 Å². The molecule has 3 rings (SSSR count). The first-order valence-corrected chi connectivity index (χ1v) is 10.4. The van der Waals surface area contributed by atoms with E-state index >= 15 is 0 Å². The number of rotatable bonds is 8. The number of carbonyl (C=O) groups excluding carboxylic acids is 1. The van der Waals surface area contributed by atoms with E-state index in [1.54, 1.807) is 40.4 Å². The number of alkyl halides is 6. The number of ether oxygens (including phenoxy) is 1. The van der Waals surface area contributed by atoms with Gasteiger partial charge in [-0.25, -0.2) is 14.8 Å². The molecule has 2 amide bonds. The summed E-state index contributed by atoms with van der Waals surface area (Å²) in [6.07, 6.45) is -6.38. The van der Waals surface area contributed by atoms with Crippen molar-refractivity contribution in [3.8, 4) is 17.1 Å². The number of amides is 2. The molecule has 0 saturated carbocycles. The average molecular weight is 504 g/mol. The molecule has 0 aliphatic heterocycles. The minimum Gasteiger partial charge on any atom is -0.478 e. The van der Waals surface area contributed by atoms with E-state index in [1.165, 1.54) is 20.2 Å².